The van der Waals surface area contributed by atoms with Crippen molar-refractivity contribution in [1.29, 1.82) is 0 Å². The molecule has 0 aliphatic carbocycles. The Balaban J connectivity index is 3.23. The van der Waals surface area contributed by atoms with Crippen LogP contribution in [0.5, 0.6) is 5.75 Å². The number of hydrogen-bond donors (Lipinski definition) is 1. The van der Waals surface area contributed by atoms with Crippen LogP contribution in [0.15, 0.2) is 6.07 Å². The van der Waals surface area contributed by atoms with E-state index in [-0.39, 0.29) is 21.6 Å². The predicted octanol–water partition coefficient (Wildman–Crippen LogP) is 1.88. The molecule has 13 heavy (non-hydrogen) atoms. The Labute approximate surface area is 84.1 Å². The third-order valence-electron chi connectivity index (χ3n) is 1.29. The van der Waals surface area contributed by atoms with Gasteiger partial charge in [-0.05, 0) is 0 Å². The van der Waals surface area contributed by atoms with Crippen LogP contribution in [0.25, 0.3) is 0 Å². The Kier molecular flexibility index (Phi) is 2.95. The Bertz CT molecular complexity index is 354. The van der Waals surface area contributed by atoms with Crippen LogP contribution in [0.1, 0.15) is 10.5 Å². The molecule has 0 saturated carbocycles. The third-order valence-corrected chi connectivity index (χ3v) is 1.96. The first kappa shape index (κ1) is 10.1. The molecular formula is C7H5Cl2NO3. The highest BCUT2D eigenvalue weighted by atomic mass is 35.5. The summed E-state index contributed by atoms with van der Waals surface area (Å²) in [6, 6.07) is 1.13. The van der Waals surface area contributed by atoms with Crippen LogP contribution >= 0.6 is 23.2 Å². The molecule has 70 valence electrons. The first-order valence-electron chi connectivity index (χ1n) is 3.19. The number of ether oxygens (including phenoxy) is 1. The lowest BCUT2D eigenvalue weighted by atomic mass is 10.3. The molecular weight excluding hydrogens is 217 g/mol. The number of carbonyl (C=O) groups is 1. The van der Waals surface area contributed by atoms with Gasteiger partial charge in [0.05, 0.1) is 12.1 Å². The summed E-state index contributed by atoms with van der Waals surface area (Å²) >= 11 is 11.1. The van der Waals surface area contributed by atoms with Gasteiger partial charge in [0, 0.05) is 6.07 Å². The fourth-order valence-electron chi connectivity index (χ4n) is 0.704. The molecule has 0 aromatic carbocycles. The summed E-state index contributed by atoms with van der Waals surface area (Å²) in [6.45, 7) is 0. The van der Waals surface area contributed by atoms with Gasteiger partial charge in [0.2, 0.25) is 0 Å². The molecule has 6 heteroatoms. The summed E-state index contributed by atoms with van der Waals surface area (Å²) in [5, 5.41) is 9.23. The molecule has 0 amide bonds. The van der Waals surface area contributed by atoms with Crippen molar-refractivity contribution in [2.75, 3.05) is 7.11 Å². The lowest BCUT2D eigenvalue weighted by Crippen LogP contribution is -2.04. The number of halogens is 2. The third kappa shape index (κ3) is 2.02. The van der Waals surface area contributed by atoms with Crippen LogP contribution in [0.2, 0.25) is 10.2 Å². The predicted molar refractivity (Wildman–Crippen MR) is 47.3 cm³/mol. The molecule has 1 aromatic rings. The maximum absolute atomic E-state index is 11.0. The van der Waals surface area contributed by atoms with Crippen molar-refractivity contribution in [2.45, 2.75) is 0 Å². The quantitative estimate of drug-likeness (QED) is 0.582. The van der Waals surface area contributed by atoms with E-state index in [9.17, 15) is 9.90 Å². The molecule has 0 fully saturated rings. The van der Waals surface area contributed by atoms with Gasteiger partial charge in [-0.2, -0.15) is 0 Å². The van der Waals surface area contributed by atoms with Crippen molar-refractivity contribution in [3.63, 3.8) is 0 Å². The number of methoxy groups -OCH3 is 1. The van der Waals surface area contributed by atoms with Crippen molar-refractivity contribution in [1.82, 2.24) is 4.98 Å². The van der Waals surface area contributed by atoms with E-state index in [0.717, 1.165) is 6.07 Å². The monoisotopic (exact) mass is 221 g/mol. The van der Waals surface area contributed by atoms with E-state index in [1.54, 1.807) is 0 Å². The summed E-state index contributed by atoms with van der Waals surface area (Å²) in [6.07, 6.45) is 0. The highest BCUT2D eigenvalue weighted by molar-refractivity contribution is 6.41. The minimum atomic E-state index is -0.768. The SMILES string of the molecule is COC(=O)c1nc(Cl)c(Cl)cc1O. The van der Waals surface area contributed by atoms with Crippen LogP contribution < -0.4 is 0 Å². The Morgan fingerprint density at radius 3 is 2.77 bits per heavy atom. The van der Waals surface area contributed by atoms with E-state index in [2.05, 4.69) is 9.72 Å². The van der Waals surface area contributed by atoms with Crippen molar-refractivity contribution >= 4 is 29.2 Å². The maximum Gasteiger partial charge on any atom is 0.360 e. The first-order chi connectivity index (χ1) is 6.06. The number of carbonyl (C=O) groups excluding carboxylic acids is 1. The lowest BCUT2D eigenvalue weighted by Gasteiger charge is -2.02. The second-order valence-electron chi connectivity index (χ2n) is 2.12. The Morgan fingerprint density at radius 1 is 1.62 bits per heavy atom. The summed E-state index contributed by atoms with van der Waals surface area (Å²) in [7, 11) is 1.17. The highest BCUT2D eigenvalue weighted by Crippen LogP contribution is 2.26. The van der Waals surface area contributed by atoms with Crippen LogP contribution in [-0.2, 0) is 4.74 Å². The van der Waals surface area contributed by atoms with Crippen molar-refractivity contribution < 1.29 is 14.6 Å². The first-order valence-corrected chi connectivity index (χ1v) is 3.95. The van der Waals surface area contributed by atoms with E-state index < -0.39 is 5.97 Å². The molecule has 0 aliphatic heterocycles. The second kappa shape index (κ2) is 3.81. The summed E-state index contributed by atoms with van der Waals surface area (Å²) < 4.78 is 4.35. The number of rotatable bonds is 1. The minimum Gasteiger partial charge on any atom is -0.505 e. The minimum absolute atomic E-state index is 0.0557. The zero-order valence-corrected chi connectivity index (χ0v) is 8.06. The summed E-state index contributed by atoms with van der Waals surface area (Å²) in [5.74, 6) is -1.13. The van der Waals surface area contributed by atoms with Gasteiger partial charge in [0.25, 0.3) is 0 Å². The van der Waals surface area contributed by atoms with E-state index in [4.69, 9.17) is 23.2 Å². The molecule has 1 N–H and O–H groups in total. The fourth-order valence-corrected chi connectivity index (χ4v) is 0.988. The van der Waals surface area contributed by atoms with Crippen LogP contribution in [0.3, 0.4) is 0 Å². The topological polar surface area (TPSA) is 59.4 Å². The van der Waals surface area contributed by atoms with Crippen LogP contribution in [0.4, 0.5) is 0 Å². The van der Waals surface area contributed by atoms with Gasteiger partial charge in [0.15, 0.2) is 5.69 Å². The molecule has 0 spiro atoms. The van der Waals surface area contributed by atoms with Gasteiger partial charge < -0.3 is 9.84 Å². The standard InChI is InChI=1S/C7H5Cl2NO3/c1-13-7(12)5-4(11)2-3(8)6(9)10-5/h2,11H,1H3. The van der Waals surface area contributed by atoms with Crippen LogP contribution in [0, 0.1) is 0 Å². The normalized spacial score (nSPS) is 9.77. The van der Waals surface area contributed by atoms with Crippen molar-refractivity contribution in [3.05, 3.63) is 21.9 Å². The van der Waals surface area contributed by atoms with Crippen molar-refractivity contribution in [3.8, 4) is 5.75 Å². The molecule has 0 aliphatic rings. The average molecular weight is 222 g/mol. The molecule has 0 bridgehead atoms. The number of aromatic hydroxyl groups is 1. The second-order valence-corrected chi connectivity index (χ2v) is 2.89. The molecule has 0 unspecified atom stereocenters. The van der Waals surface area contributed by atoms with E-state index in [1.807, 2.05) is 0 Å². The zero-order valence-electron chi connectivity index (χ0n) is 6.54. The molecule has 1 aromatic heterocycles. The smallest absolute Gasteiger partial charge is 0.360 e. The molecule has 0 radical (unpaired) electrons. The highest BCUT2D eigenvalue weighted by Gasteiger charge is 2.15. The van der Waals surface area contributed by atoms with Gasteiger partial charge in [-0.3, -0.25) is 0 Å². The van der Waals surface area contributed by atoms with Gasteiger partial charge in [-0.1, -0.05) is 23.2 Å². The number of aromatic nitrogens is 1. The summed E-state index contributed by atoms with van der Waals surface area (Å²) in [5.41, 5.74) is -0.253. The maximum atomic E-state index is 11.0. The fraction of sp³-hybridized carbons (Fsp3) is 0.143. The molecule has 0 atom stereocenters. The van der Waals surface area contributed by atoms with Crippen molar-refractivity contribution in [2.24, 2.45) is 0 Å². The van der Waals surface area contributed by atoms with E-state index in [1.165, 1.54) is 7.11 Å². The largest absolute Gasteiger partial charge is 0.505 e. The molecule has 4 nitrogen and oxygen atoms in total. The Morgan fingerprint density at radius 2 is 2.23 bits per heavy atom. The summed E-state index contributed by atoms with van der Waals surface area (Å²) in [4.78, 5) is 14.5. The number of pyridine rings is 1. The van der Waals surface area contributed by atoms with E-state index >= 15 is 0 Å². The number of esters is 1. The van der Waals surface area contributed by atoms with Gasteiger partial charge >= 0.3 is 5.97 Å². The van der Waals surface area contributed by atoms with Gasteiger partial charge in [0.1, 0.15) is 10.9 Å². The van der Waals surface area contributed by atoms with Gasteiger partial charge in [-0.25, -0.2) is 9.78 Å². The molecule has 0 saturated heterocycles. The Hall–Kier alpha value is -1.00. The number of nitrogens with zero attached hydrogens (tertiary/aromatic N) is 1. The molecule has 1 heterocycles. The average Bonchev–Trinajstić information content (AvgIpc) is 2.10. The van der Waals surface area contributed by atoms with E-state index in [0.29, 0.717) is 0 Å². The van der Waals surface area contributed by atoms with Gasteiger partial charge in [-0.15, -0.1) is 0 Å². The molecule has 1 rings (SSSR count). The van der Waals surface area contributed by atoms with Crippen LogP contribution in [-0.4, -0.2) is 23.2 Å². The number of hydrogen-bond acceptors (Lipinski definition) is 4. The lowest BCUT2D eigenvalue weighted by molar-refractivity contribution is 0.0590. The zero-order chi connectivity index (χ0) is 10.0.